The molecule has 0 fully saturated rings. The monoisotopic (exact) mass is 372 g/mol. The van der Waals surface area contributed by atoms with Crippen LogP contribution in [-0.4, -0.2) is 32.4 Å². The lowest BCUT2D eigenvalue weighted by atomic mass is 10.2. The fraction of sp³-hybridized carbons (Fsp3) is 0.118. The first kappa shape index (κ1) is 15.9. The summed E-state index contributed by atoms with van der Waals surface area (Å²) in [6.07, 6.45) is 3.33. The molecule has 8 heteroatoms. The predicted octanol–water partition coefficient (Wildman–Crippen LogP) is 3.98. The van der Waals surface area contributed by atoms with E-state index in [1.807, 2.05) is 30.5 Å². The van der Waals surface area contributed by atoms with E-state index in [4.69, 9.17) is 16.1 Å². The molecule has 0 aliphatic carbocycles. The number of rotatable bonds is 4. The van der Waals surface area contributed by atoms with Gasteiger partial charge in [0.15, 0.2) is 4.96 Å². The lowest BCUT2D eigenvalue weighted by molar-refractivity contribution is 0.0775. The van der Waals surface area contributed by atoms with E-state index in [2.05, 4.69) is 10.1 Å². The highest BCUT2D eigenvalue weighted by Gasteiger charge is 2.19. The molecule has 0 bridgehead atoms. The van der Waals surface area contributed by atoms with E-state index in [0.29, 0.717) is 23.0 Å². The third-order valence-corrected chi connectivity index (χ3v) is 4.98. The summed E-state index contributed by atoms with van der Waals surface area (Å²) in [7, 11) is 1.73. The van der Waals surface area contributed by atoms with Crippen LogP contribution in [0.5, 0.6) is 0 Å². The van der Waals surface area contributed by atoms with E-state index in [1.54, 1.807) is 27.8 Å². The maximum atomic E-state index is 12.8. The van der Waals surface area contributed by atoms with Crippen molar-refractivity contribution in [1.82, 2.24) is 19.4 Å². The van der Waals surface area contributed by atoms with Gasteiger partial charge in [0, 0.05) is 30.3 Å². The molecule has 1 aromatic carbocycles. The van der Waals surface area contributed by atoms with Gasteiger partial charge < -0.3 is 9.42 Å². The molecule has 0 aliphatic heterocycles. The highest BCUT2D eigenvalue weighted by Crippen LogP contribution is 2.29. The zero-order chi connectivity index (χ0) is 17.4. The van der Waals surface area contributed by atoms with Crippen molar-refractivity contribution in [3.05, 3.63) is 64.6 Å². The van der Waals surface area contributed by atoms with Crippen LogP contribution in [0.3, 0.4) is 0 Å². The summed E-state index contributed by atoms with van der Waals surface area (Å²) in [5.74, 6) is -0.114. The van der Waals surface area contributed by atoms with Crippen molar-refractivity contribution in [2.24, 2.45) is 0 Å². The van der Waals surface area contributed by atoms with Crippen LogP contribution in [0, 0.1) is 0 Å². The quantitative estimate of drug-likeness (QED) is 0.543. The number of amides is 1. The first-order valence-corrected chi connectivity index (χ1v) is 8.75. The van der Waals surface area contributed by atoms with Crippen molar-refractivity contribution in [2.75, 3.05) is 7.05 Å². The fourth-order valence-corrected chi connectivity index (χ4v) is 3.65. The number of hydrogen-bond donors (Lipinski definition) is 0. The average molecular weight is 373 g/mol. The number of imidazole rings is 1. The molecular formula is C17H13ClN4O2S. The molecule has 1 amide bonds. The molecule has 0 unspecified atom stereocenters. The predicted molar refractivity (Wildman–Crippen MR) is 95.8 cm³/mol. The van der Waals surface area contributed by atoms with Gasteiger partial charge in [0.05, 0.1) is 17.3 Å². The normalized spacial score (nSPS) is 11.1. The molecule has 0 spiro atoms. The van der Waals surface area contributed by atoms with Crippen LogP contribution in [0.2, 0.25) is 5.02 Å². The third-order valence-electron chi connectivity index (χ3n) is 3.82. The first-order chi connectivity index (χ1) is 12.1. The molecule has 0 atom stereocenters. The number of aromatic nitrogens is 3. The van der Waals surface area contributed by atoms with Gasteiger partial charge in [0.25, 0.3) is 5.91 Å². The Labute approximate surface area is 152 Å². The first-order valence-electron chi connectivity index (χ1n) is 7.49. The number of benzene rings is 1. The molecule has 0 N–H and O–H groups in total. The molecule has 6 nitrogen and oxygen atoms in total. The van der Waals surface area contributed by atoms with Gasteiger partial charge >= 0.3 is 0 Å². The third kappa shape index (κ3) is 2.92. The Morgan fingerprint density at radius 3 is 2.96 bits per heavy atom. The molecule has 25 heavy (non-hydrogen) atoms. The van der Waals surface area contributed by atoms with Crippen LogP contribution in [0.4, 0.5) is 0 Å². The van der Waals surface area contributed by atoms with Crippen LogP contribution in [0.15, 0.2) is 52.7 Å². The topological polar surface area (TPSA) is 63.6 Å². The van der Waals surface area contributed by atoms with Crippen molar-refractivity contribution in [1.29, 1.82) is 0 Å². The smallest absolute Gasteiger partial charge is 0.271 e. The van der Waals surface area contributed by atoms with Crippen molar-refractivity contribution < 1.29 is 9.32 Å². The second-order valence-corrected chi connectivity index (χ2v) is 6.78. The summed E-state index contributed by atoms with van der Waals surface area (Å²) in [4.78, 5) is 19.7. The van der Waals surface area contributed by atoms with E-state index >= 15 is 0 Å². The molecule has 126 valence electrons. The summed E-state index contributed by atoms with van der Waals surface area (Å²) in [5, 5.41) is 6.27. The van der Waals surface area contributed by atoms with E-state index in [1.165, 1.54) is 17.6 Å². The number of carbonyl (C=O) groups is 1. The van der Waals surface area contributed by atoms with Crippen LogP contribution in [-0.2, 0) is 6.54 Å². The number of carbonyl (C=O) groups excluding carboxylic acids is 1. The van der Waals surface area contributed by atoms with Crippen LogP contribution in [0.25, 0.3) is 16.2 Å². The second kappa shape index (κ2) is 6.34. The summed E-state index contributed by atoms with van der Waals surface area (Å²) < 4.78 is 6.60. The Morgan fingerprint density at radius 2 is 2.20 bits per heavy atom. The number of thiazole rings is 1. The van der Waals surface area contributed by atoms with Gasteiger partial charge in [-0.05, 0) is 6.07 Å². The highest BCUT2D eigenvalue weighted by molar-refractivity contribution is 7.15. The van der Waals surface area contributed by atoms with Gasteiger partial charge in [-0.2, -0.15) is 0 Å². The lowest BCUT2D eigenvalue weighted by Gasteiger charge is -2.14. The largest absolute Gasteiger partial charge is 0.364 e. The molecular weight excluding hydrogens is 360 g/mol. The van der Waals surface area contributed by atoms with Crippen molar-refractivity contribution >= 4 is 33.8 Å². The van der Waals surface area contributed by atoms with E-state index < -0.39 is 0 Å². The number of fused-ring (bicyclic) bond motifs is 1. The molecule has 0 radical (unpaired) electrons. The zero-order valence-electron chi connectivity index (χ0n) is 13.2. The molecule has 0 aliphatic rings. The second-order valence-electron chi connectivity index (χ2n) is 5.53. The summed E-state index contributed by atoms with van der Waals surface area (Å²) in [6.45, 7) is 0.374. The lowest BCUT2D eigenvalue weighted by Crippen LogP contribution is -2.27. The van der Waals surface area contributed by atoms with Gasteiger partial charge in [-0.15, -0.1) is 11.3 Å². The van der Waals surface area contributed by atoms with Gasteiger partial charge in [-0.3, -0.25) is 9.20 Å². The van der Waals surface area contributed by atoms with Crippen molar-refractivity contribution in [3.63, 3.8) is 0 Å². The number of hydrogen-bond acceptors (Lipinski definition) is 5. The zero-order valence-corrected chi connectivity index (χ0v) is 14.8. The summed E-state index contributed by atoms with van der Waals surface area (Å²) in [6, 6.07) is 9.25. The number of nitrogens with zero attached hydrogens (tertiary/aromatic N) is 4. The standard InChI is InChI=1S/C17H13ClN4O2S/c1-21(8-11-6-7-24-20-11)16(23)15-10-25-17-19-14(9-22(15)17)12-4-2-3-5-13(12)18/h2-7,9-10H,8H2,1H3. The van der Waals surface area contributed by atoms with Gasteiger partial charge in [0.1, 0.15) is 17.7 Å². The van der Waals surface area contributed by atoms with E-state index in [9.17, 15) is 4.79 Å². The van der Waals surface area contributed by atoms with Crippen LogP contribution < -0.4 is 0 Å². The highest BCUT2D eigenvalue weighted by atomic mass is 35.5. The molecule has 0 saturated heterocycles. The maximum absolute atomic E-state index is 12.8. The van der Waals surface area contributed by atoms with Gasteiger partial charge in [-0.25, -0.2) is 4.98 Å². The fourth-order valence-electron chi connectivity index (χ4n) is 2.57. The molecule has 4 rings (SSSR count). The number of halogens is 1. The minimum Gasteiger partial charge on any atom is -0.364 e. The Kier molecular flexibility index (Phi) is 4.03. The van der Waals surface area contributed by atoms with Crippen LogP contribution >= 0.6 is 22.9 Å². The average Bonchev–Trinajstić information content (AvgIpc) is 3.31. The SMILES string of the molecule is CN(Cc1ccon1)C(=O)c1csc2nc(-c3ccccc3Cl)cn12. The van der Waals surface area contributed by atoms with E-state index in [0.717, 1.165) is 16.2 Å². The minimum absolute atomic E-state index is 0.114. The Balaban J connectivity index is 1.66. The Hall–Kier alpha value is -2.64. The Bertz CT molecular complexity index is 1040. The molecule has 3 heterocycles. The molecule has 0 saturated carbocycles. The maximum Gasteiger partial charge on any atom is 0.271 e. The van der Waals surface area contributed by atoms with Gasteiger partial charge in [-0.1, -0.05) is 35.0 Å². The van der Waals surface area contributed by atoms with Crippen molar-refractivity contribution in [2.45, 2.75) is 6.54 Å². The van der Waals surface area contributed by atoms with Crippen molar-refractivity contribution in [3.8, 4) is 11.3 Å². The van der Waals surface area contributed by atoms with Gasteiger partial charge in [0.2, 0.25) is 0 Å². The Morgan fingerprint density at radius 1 is 1.36 bits per heavy atom. The molecule has 4 aromatic rings. The minimum atomic E-state index is -0.114. The van der Waals surface area contributed by atoms with E-state index in [-0.39, 0.29) is 5.91 Å². The van der Waals surface area contributed by atoms with Crippen LogP contribution in [0.1, 0.15) is 16.2 Å². The summed E-state index contributed by atoms with van der Waals surface area (Å²) >= 11 is 7.66. The molecule has 3 aromatic heterocycles. The summed E-state index contributed by atoms with van der Waals surface area (Å²) in [5.41, 5.74) is 2.83.